The molecule has 3 aromatic rings. The monoisotopic (exact) mass is 387 g/mol. The predicted molar refractivity (Wildman–Crippen MR) is 103 cm³/mol. The smallest absolute Gasteiger partial charge is 0.179 e. The second-order valence-electron chi connectivity index (χ2n) is 8.41. The minimum Gasteiger partial charge on any atom is -0.345 e. The highest BCUT2D eigenvalue weighted by Crippen LogP contribution is 2.46. The van der Waals surface area contributed by atoms with Crippen LogP contribution < -0.4 is 0 Å². The van der Waals surface area contributed by atoms with Crippen LogP contribution in [0.5, 0.6) is 0 Å². The molecule has 3 heterocycles. The zero-order chi connectivity index (χ0) is 18.8. The third-order valence-electron chi connectivity index (χ3n) is 6.59. The number of H-pyrrole nitrogens is 1. The Morgan fingerprint density at radius 2 is 2.11 bits per heavy atom. The zero-order valence-electron chi connectivity index (χ0n) is 15.7. The Bertz CT molecular complexity index is 1100. The van der Waals surface area contributed by atoms with Crippen molar-refractivity contribution in [2.24, 2.45) is 17.8 Å². The largest absolute Gasteiger partial charge is 0.345 e. The third-order valence-corrected chi connectivity index (χ3v) is 9.03. The van der Waals surface area contributed by atoms with Gasteiger partial charge in [-0.3, -0.25) is 4.40 Å². The van der Waals surface area contributed by atoms with Gasteiger partial charge >= 0.3 is 0 Å². The van der Waals surface area contributed by atoms with Crippen LogP contribution in [0.1, 0.15) is 51.3 Å². The summed E-state index contributed by atoms with van der Waals surface area (Å²) in [5.41, 5.74) is 2.52. The van der Waals surface area contributed by atoms with Gasteiger partial charge in [-0.25, -0.2) is 13.4 Å². The maximum Gasteiger partial charge on any atom is 0.179 e. The summed E-state index contributed by atoms with van der Waals surface area (Å²) >= 11 is 0. The second kappa shape index (κ2) is 6.02. The number of aromatic amines is 1. The highest BCUT2D eigenvalue weighted by Gasteiger charge is 2.47. The van der Waals surface area contributed by atoms with Crippen molar-refractivity contribution >= 4 is 26.6 Å². The molecule has 0 saturated heterocycles. The van der Waals surface area contributed by atoms with E-state index in [0.717, 1.165) is 48.3 Å². The number of hydrogen-bond acceptors (Lipinski definition) is 5. The van der Waals surface area contributed by atoms with Crippen LogP contribution in [0.15, 0.2) is 18.5 Å². The molecular weight excluding hydrogens is 362 g/mol. The van der Waals surface area contributed by atoms with Gasteiger partial charge in [0.25, 0.3) is 0 Å². The van der Waals surface area contributed by atoms with Crippen molar-refractivity contribution in [2.45, 2.75) is 50.7 Å². The van der Waals surface area contributed by atoms with Crippen LogP contribution in [-0.4, -0.2) is 44.0 Å². The van der Waals surface area contributed by atoms with Crippen molar-refractivity contribution in [2.75, 3.05) is 5.75 Å². The molecule has 2 aliphatic rings. The molecule has 8 heteroatoms. The van der Waals surface area contributed by atoms with Crippen LogP contribution >= 0.6 is 0 Å². The molecule has 0 aromatic carbocycles. The number of rotatable bonds is 5. The number of nitrogens with zero attached hydrogens (tertiary/aromatic N) is 4. The maximum atomic E-state index is 12.7. The summed E-state index contributed by atoms with van der Waals surface area (Å²) in [5, 5.41) is 8.69. The summed E-state index contributed by atoms with van der Waals surface area (Å²) in [5.74, 6) is 2.47. The number of aromatic nitrogens is 5. The molecule has 27 heavy (non-hydrogen) atoms. The lowest BCUT2D eigenvalue weighted by atomic mass is 9.97. The Kier molecular flexibility index (Phi) is 3.83. The van der Waals surface area contributed by atoms with E-state index in [1.54, 1.807) is 6.20 Å². The Morgan fingerprint density at radius 3 is 2.89 bits per heavy atom. The van der Waals surface area contributed by atoms with Crippen LogP contribution in [0.25, 0.3) is 16.8 Å². The van der Waals surface area contributed by atoms with E-state index in [1.807, 2.05) is 12.3 Å². The van der Waals surface area contributed by atoms with E-state index in [9.17, 15) is 8.42 Å². The molecule has 1 N–H and O–H groups in total. The van der Waals surface area contributed by atoms with E-state index in [2.05, 4.69) is 38.4 Å². The Morgan fingerprint density at radius 1 is 1.26 bits per heavy atom. The molecule has 0 bridgehead atoms. The fourth-order valence-electron chi connectivity index (χ4n) is 5.05. The van der Waals surface area contributed by atoms with E-state index in [-0.39, 0.29) is 17.1 Å². The van der Waals surface area contributed by atoms with Gasteiger partial charge in [-0.1, -0.05) is 20.3 Å². The van der Waals surface area contributed by atoms with Crippen LogP contribution in [0.3, 0.4) is 0 Å². The van der Waals surface area contributed by atoms with Gasteiger partial charge in [0.1, 0.15) is 5.82 Å². The molecule has 0 amide bonds. The normalized spacial score (nSPS) is 31.1. The van der Waals surface area contributed by atoms with Gasteiger partial charge in [-0.2, -0.15) is 0 Å². The van der Waals surface area contributed by atoms with Gasteiger partial charge in [-0.15, -0.1) is 10.2 Å². The van der Waals surface area contributed by atoms with Crippen molar-refractivity contribution in [1.82, 2.24) is 24.6 Å². The fraction of sp³-hybridized carbons (Fsp3) is 0.632. The summed E-state index contributed by atoms with van der Waals surface area (Å²) in [7, 11) is -2.97. The average Bonchev–Trinajstić information content (AvgIpc) is 2.93. The van der Waals surface area contributed by atoms with E-state index in [1.165, 1.54) is 0 Å². The van der Waals surface area contributed by atoms with Crippen molar-refractivity contribution in [1.29, 1.82) is 0 Å². The molecule has 2 unspecified atom stereocenters. The first-order chi connectivity index (χ1) is 13.0. The number of nitrogens with one attached hydrogen (secondary N) is 1. The second-order valence-corrected chi connectivity index (χ2v) is 10.7. The summed E-state index contributed by atoms with van der Waals surface area (Å²) in [6.07, 6.45) is 7.23. The number of hydrogen-bond donors (Lipinski definition) is 1. The lowest BCUT2D eigenvalue weighted by molar-refractivity contribution is 0.504. The number of fused-ring (bicyclic) bond motifs is 3. The molecule has 5 rings (SSSR count). The van der Waals surface area contributed by atoms with Crippen molar-refractivity contribution in [3.8, 4) is 0 Å². The Balaban J connectivity index is 1.42. The molecular formula is C19H25N5O2S. The molecule has 0 radical (unpaired) electrons. The third kappa shape index (κ3) is 2.76. The van der Waals surface area contributed by atoms with Gasteiger partial charge < -0.3 is 4.98 Å². The predicted octanol–water partition coefficient (Wildman–Crippen LogP) is 2.95. The van der Waals surface area contributed by atoms with Gasteiger partial charge in [0, 0.05) is 12.1 Å². The molecule has 2 saturated carbocycles. The average molecular weight is 388 g/mol. The lowest BCUT2D eigenvalue weighted by Gasteiger charge is -2.13. The first-order valence-electron chi connectivity index (χ1n) is 9.86. The molecule has 2 aliphatic carbocycles. The summed E-state index contributed by atoms with van der Waals surface area (Å²) < 4.78 is 27.5. The van der Waals surface area contributed by atoms with Gasteiger partial charge in [0.15, 0.2) is 21.1 Å². The van der Waals surface area contributed by atoms with E-state index in [4.69, 9.17) is 0 Å². The van der Waals surface area contributed by atoms with E-state index < -0.39 is 9.84 Å². The van der Waals surface area contributed by atoms with Crippen LogP contribution in [0, 0.1) is 17.8 Å². The maximum absolute atomic E-state index is 12.7. The van der Waals surface area contributed by atoms with E-state index >= 15 is 0 Å². The molecule has 2 fully saturated rings. The minimum absolute atomic E-state index is 0.0867. The Hall–Kier alpha value is -1.96. The van der Waals surface area contributed by atoms with Crippen LogP contribution in [0.2, 0.25) is 0 Å². The Labute approximate surface area is 158 Å². The first-order valence-corrected chi connectivity index (χ1v) is 11.6. The summed E-state index contributed by atoms with van der Waals surface area (Å²) in [6.45, 7) is 4.29. The van der Waals surface area contributed by atoms with Crippen molar-refractivity contribution < 1.29 is 8.42 Å². The van der Waals surface area contributed by atoms with Gasteiger partial charge in [0.05, 0.1) is 22.7 Å². The highest BCUT2D eigenvalue weighted by atomic mass is 32.2. The highest BCUT2D eigenvalue weighted by molar-refractivity contribution is 7.92. The van der Waals surface area contributed by atoms with Crippen LogP contribution in [0.4, 0.5) is 0 Å². The van der Waals surface area contributed by atoms with Gasteiger partial charge in [-0.05, 0) is 43.1 Å². The topological polar surface area (TPSA) is 93.0 Å². The SMILES string of the molecule is CCC1CC1S(=O)(=O)C[C@H]1C[C@@H](C)[C@@H](c2nnc3cnc4[nH]ccc4n23)C1. The molecule has 5 atom stereocenters. The standard InChI is InChI=1S/C19H25N5O2S/c1-3-13-8-16(13)27(25,26)10-12-6-11(2)14(7-12)19-23-22-17-9-21-18-15(24(17)19)4-5-20-18/h4-5,9,11-14,16,20H,3,6-8,10H2,1-2H3/t11-,12+,13?,14+,16?/m1/s1. The molecule has 0 spiro atoms. The molecule has 144 valence electrons. The first kappa shape index (κ1) is 17.2. The van der Waals surface area contributed by atoms with Crippen molar-refractivity contribution in [3.05, 3.63) is 24.3 Å². The molecule has 7 nitrogen and oxygen atoms in total. The minimum atomic E-state index is -2.97. The number of sulfone groups is 1. The summed E-state index contributed by atoms with van der Waals surface area (Å²) in [4.78, 5) is 7.51. The van der Waals surface area contributed by atoms with Gasteiger partial charge in [0.2, 0.25) is 0 Å². The van der Waals surface area contributed by atoms with Crippen LogP contribution in [-0.2, 0) is 9.84 Å². The van der Waals surface area contributed by atoms with E-state index in [0.29, 0.717) is 17.6 Å². The molecule has 0 aliphatic heterocycles. The van der Waals surface area contributed by atoms with Crippen molar-refractivity contribution in [3.63, 3.8) is 0 Å². The lowest BCUT2D eigenvalue weighted by Crippen LogP contribution is -2.19. The molecule has 3 aromatic heterocycles. The quantitative estimate of drug-likeness (QED) is 0.726. The fourth-order valence-corrected chi connectivity index (χ4v) is 7.55. The summed E-state index contributed by atoms with van der Waals surface area (Å²) in [6, 6.07) is 1.99. The zero-order valence-corrected chi connectivity index (χ0v) is 16.5.